The highest BCUT2D eigenvalue weighted by atomic mass is 19.1. The third kappa shape index (κ3) is 3.69. The molecular weight excluding hydrogens is 355 g/mol. The number of nitrogens with zero attached hydrogens (tertiary/aromatic N) is 2. The second kappa shape index (κ2) is 7.61. The minimum absolute atomic E-state index is 0.0327. The van der Waals surface area contributed by atoms with Crippen molar-refractivity contribution in [1.29, 1.82) is 0 Å². The van der Waals surface area contributed by atoms with Gasteiger partial charge in [-0.15, -0.1) is 0 Å². The molecule has 142 valence electrons. The molecule has 1 aromatic carbocycles. The Hall–Kier alpha value is -3.16. The number of methoxy groups -OCH3 is 1. The summed E-state index contributed by atoms with van der Waals surface area (Å²) < 4.78 is 25.5. The number of rotatable bonds is 4. The molecule has 0 radical (unpaired) electrons. The number of benzene rings is 1. The highest BCUT2D eigenvalue weighted by Crippen LogP contribution is 2.26. The van der Waals surface area contributed by atoms with Crippen molar-refractivity contribution < 1.29 is 23.5 Å². The fourth-order valence-electron chi connectivity index (χ4n) is 3.10. The van der Waals surface area contributed by atoms with Crippen LogP contribution in [0.3, 0.4) is 0 Å². The minimum atomic E-state index is -0.913. The molecule has 3 rings (SSSR count). The molecule has 2 aromatic rings. The summed E-state index contributed by atoms with van der Waals surface area (Å²) in [6, 6.07) is 7.97. The zero-order chi connectivity index (χ0) is 19.6. The van der Waals surface area contributed by atoms with Gasteiger partial charge < -0.3 is 18.9 Å². The quantitative estimate of drug-likeness (QED) is 0.755. The molecule has 1 aromatic heterocycles. The number of para-hydroxylation sites is 1. The molecule has 0 N–H and O–H groups in total. The first-order chi connectivity index (χ1) is 12.9. The summed E-state index contributed by atoms with van der Waals surface area (Å²) >= 11 is 0. The number of ether oxygens (including phenoxy) is 2. The number of amides is 1. The number of hydrogen-bond donors (Lipinski definition) is 0. The molecular formula is C19H19FN2O5. The number of hydrogen-bond acceptors (Lipinski definition) is 5. The summed E-state index contributed by atoms with van der Waals surface area (Å²) in [6.07, 6.45) is 1.06. The Labute approximate surface area is 154 Å². The highest BCUT2D eigenvalue weighted by Gasteiger charge is 2.42. The third-order valence-corrected chi connectivity index (χ3v) is 4.48. The Morgan fingerprint density at radius 1 is 1.19 bits per heavy atom. The van der Waals surface area contributed by atoms with Gasteiger partial charge in [-0.2, -0.15) is 0 Å². The van der Waals surface area contributed by atoms with Crippen molar-refractivity contribution in [3.63, 3.8) is 0 Å². The molecule has 7 nitrogen and oxygen atoms in total. The van der Waals surface area contributed by atoms with E-state index in [2.05, 4.69) is 0 Å². The standard InChI is InChI=1S/C19H19FN2O5/c1-21-9-5-6-13(17(21)23)18(24)22-11-12(10-15(22)19(25)26-2)27-16-8-4-3-7-14(16)20/h3-9,12,15H,10-11H2,1-2H3/t12-,15+/m1/s1. The third-order valence-electron chi connectivity index (χ3n) is 4.48. The Morgan fingerprint density at radius 2 is 1.93 bits per heavy atom. The summed E-state index contributed by atoms with van der Waals surface area (Å²) in [5.74, 6) is -1.70. The first-order valence-corrected chi connectivity index (χ1v) is 8.38. The average Bonchev–Trinajstić information content (AvgIpc) is 3.08. The lowest BCUT2D eigenvalue weighted by Crippen LogP contribution is -2.43. The predicted molar refractivity (Wildman–Crippen MR) is 94.0 cm³/mol. The van der Waals surface area contributed by atoms with Crippen molar-refractivity contribution in [3.05, 3.63) is 64.3 Å². The number of aromatic nitrogens is 1. The molecule has 0 spiro atoms. The number of pyridine rings is 1. The monoisotopic (exact) mass is 374 g/mol. The van der Waals surface area contributed by atoms with E-state index < -0.39 is 35.4 Å². The molecule has 0 unspecified atom stereocenters. The largest absolute Gasteiger partial charge is 0.485 e. The predicted octanol–water partition coefficient (Wildman–Crippen LogP) is 1.36. The van der Waals surface area contributed by atoms with Crippen LogP contribution in [0.4, 0.5) is 4.39 Å². The number of aryl methyl sites for hydroxylation is 1. The van der Waals surface area contributed by atoms with Crippen LogP contribution in [-0.4, -0.2) is 47.1 Å². The first-order valence-electron chi connectivity index (χ1n) is 8.38. The van der Waals surface area contributed by atoms with Crippen LogP contribution in [-0.2, 0) is 16.6 Å². The van der Waals surface area contributed by atoms with Crippen molar-refractivity contribution >= 4 is 11.9 Å². The minimum Gasteiger partial charge on any atom is -0.485 e. The molecule has 2 atom stereocenters. The molecule has 1 aliphatic heterocycles. The summed E-state index contributed by atoms with van der Waals surface area (Å²) in [6.45, 7) is 0.0327. The molecule has 0 aliphatic carbocycles. The Bertz CT molecular complexity index is 926. The summed E-state index contributed by atoms with van der Waals surface area (Å²) in [4.78, 5) is 38.5. The van der Waals surface area contributed by atoms with Crippen LogP contribution >= 0.6 is 0 Å². The Kier molecular flexibility index (Phi) is 5.25. The first kappa shape index (κ1) is 18.6. The molecule has 27 heavy (non-hydrogen) atoms. The number of carbonyl (C=O) groups excluding carboxylic acids is 2. The van der Waals surface area contributed by atoms with Crippen LogP contribution in [0, 0.1) is 5.82 Å². The molecule has 1 aliphatic rings. The van der Waals surface area contributed by atoms with Gasteiger partial charge in [0.25, 0.3) is 11.5 Å². The zero-order valence-electron chi connectivity index (χ0n) is 14.9. The van der Waals surface area contributed by atoms with Gasteiger partial charge in [0.2, 0.25) is 0 Å². The van der Waals surface area contributed by atoms with E-state index >= 15 is 0 Å². The summed E-state index contributed by atoms with van der Waals surface area (Å²) in [7, 11) is 2.75. The van der Waals surface area contributed by atoms with Crippen molar-refractivity contribution in [3.8, 4) is 5.75 Å². The van der Waals surface area contributed by atoms with Crippen LogP contribution in [0.15, 0.2) is 47.4 Å². The van der Waals surface area contributed by atoms with E-state index in [1.165, 1.54) is 54.1 Å². The second-order valence-corrected chi connectivity index (χ2v) is 6.24. The van der Waals surface area contributed by atoms with Crippen molar-refractivity contribution in [2.75, 3.05) is 13.7 Å². The summed E-state index contributed by atoms with van der Waals surface area (Å²) in [5.41, 5.74) is -0.523. The van der Waals surface area contributed by atoms with E-state index in [0.717, 1.165) is 0 Å². The van der Waals surface area contributed by atoms with Gasteiger partial charge >= 0.3 is 5.97 Å². The lowest BCUT2D eigenvalue weighted by molar-refractivity contribution is -0.145. The summed E-state index contributed by atoms with van der Waals surface area (Å²) in [5, 5.41) is 0. The maximum Gasteiger partial charge on any atom is 0.328 e. The maximum atomic E-state index is 13.8. The van der Waals surface area contributed by atoms with Gasteiger partial charge in [-0.1, -0.05) is 12.1 Å². The van der Waals surface area contributed by atoms with E-state index in [1.807, 2.05) is 0 Å². The maximum absolute atomic E-state index is 13.8. The Morgan fingerprint density at radius 3 is 2.63 bits per heavy atom. The molecule has 1 saturated heterocycles. The second-order valence-electron chi connectivity index (χ2n) is 6.24. The SMILES string of the molecule is COC(=O)[C@@H]1C[C@@H](Oc2ccccc2F)CN1C(=O)c1cccn(C)c1=O. The Balaban J connectivity index is 1.87. The van der Waals surface area contributed by atoms with Gasteiger partial charge in [0.1, 0.15) is 17.7 Å². The van der Waals surface area contributed by atoms with Crippen molar-refractivity contribution in [2.24, 2.45) is 7.05 Å². The van der Waals surface area contributed by atoms with Gasteiger partial charge in [0, 0.05) is 19.7 Å². The fraction of sp³-hybridized carbons (Fsp3) is 0.316. The van der Waals surface area contributed by atoms with E-state index in [-0.39, 0.29) is 24.3 Å². The zero-order valence-corrected chi connectivity index (χ0v) is 14.9. The average molecular weight is 374 g/mol. The van der Waals surface area contributed by atoms with Crippen molar-refractivity contribution in [2.45, 2.75) is 18.6 Å². The number of halogens is 1. The smallest absolute Gasteiger partial charge is 0.328 e. The van der Waals surface area contributed by atoms with Gasteiger partial charge in [0.05, 0.1) is 13.7 Å². The van der Waals surface area contributed by atoms with Crippen molar-refractivity contribution in [1.82, 2.24) is 9.47 Å². The van der Waals surface area contributed by atoms with Crippen LogP contribution in [0.5, 0.6) is 5.75 Å². The molecule has 0 saturated carbocycles. The van der Waals surface area contributed by atoms with Gasteiger partial charge in [-0.3, -0.25) is 9.59 Å². The van der Waals surface area contributed by atoms with Crippen LogP contribution in [0.25, 0.3) is 0 Å². The molecule has 8 heteroatoms. The van der Waals surface area contributed by atoms with Gasteiger partial charge in [-0.25, -0.2) is 9.18 Å². The molecule has 0 bridgehead atoms. The highest BCUT2D eigenvalue weighted by molar-refractivity contribution is 5.97. The number of carbonyl (C=O) groups is 2. The number of likely N-dealkylation sites (tertiary alicyclic amines) is 1. The van der Waals surface area contributed by atoms with E-state index in [0.29, 0.717) is 0 Å². The fourth-order valence-corrected chi connectivity index (χ4v) is 3.10. The van der Waals surface area contributed by atoms with Crippen LogP contribution in [0.2, 0.25) is 0 Å². The lowest BCUT2D eigenvalue weighted by Gasteiger charge is -2.22. The normalized spacial score (nSPS) is 19.0. The van der Waals surface area contributed by atoms with Gasteiger partial charge in [0.15, 0.2) is 11.6 Å². The topological polar surface area (TPSA) is 77.8 Å². The molecule has 1 fully saturated rings. The van der Waals surface area contributed by atoms with Gasteiger partial charge in [-0.05, 0) is 24.3 Å². The molecule has 2 heterocycles. The lowest BCUT2D eigenvalue weighted by atomic mass is 10.2. The van der Waals surface area contributed by atoms with E-state index in [4.69, 9.17) is 9.47 Å². The molecule has 1 amide bonds. The van der Waals surface area contributed by atoms with Crippen LogP contribution in [0.1, 0.15) is 16.8 Å². The number of esters is 1. The van der Waals surface area contributed by atoms with E-state index in [9.17, 15) is 18.8 Å². The van der Waals surface area contributed by atoms with E-state index in [1.54, 1.807) is 12.1 Å². The van der Waals surface area contributed by atoms with Crippen LogP contribution < -0.4 is 10.3 Å².